The van der Waals surface area contributed by atoms with Crippen molar-refractivity contribution in [2.24, 2.45) is 11.8 Å². The molecule has 5 heteroatoms. The van der Waals surface area contributed by atoms with E-state index in [0.29, 0.717) is 13.0 Å². The molecule has 0 aliphatic heterocycles. The smallest absolute Gasteiger partial charge is 0.330 e. The van der Waals surface area contributed by atoms with E-state index >= 15 is 0 Å². The Balaban J connectivity index is 2.49. The second-order valence-electron chi connectivity index (χ2n) is 7.77. The van der Waals surface area contributed by atoms with Crippen molar-refractivity contribution in [3.8, 4) is 0 Å². The zero-order valence-electron chi connectivity index (χ0n) is 18.0. The molecule has 0 amide bonds. The minimum absolute atomic E-state index is 0.0397. The molecule has 1 fully saturated rings. The van der Waals surface area contributed by atoms with E-state index in [9.17, 15) is 9.90 Å². The Morgan fingerprint density at radius 2 is 1.83 bits per heavy atom. The monoisotopic (exact) mass is 408 g/mol. The highest BCUT2D eigenvalue weighted by Crippen LogP contribution is 2.39. The molecule has 0 saturated heterocycles. The lowest BCUT2D eigenvalue weighted by Crippen LogP contribution is -2.22. The van der Waals surface area contributed by atoms with Crippen molar-refractivity contribution in [2.45, 2.75) is 76.4 Å². The van der Waals surface area contributed by atoms with Gasteiger partial charge in [0.15, 0.2) is 0 Å². The predicted molar refractivity (Wildman–Crippen MR) is 116 cm³/mol. The van der Waals surface area contributed by atoms with Crippen LogP contribution >= 0.6 is 0 Å². The Bertz CT molecular complexity index is 499. The minimum atomic E-state index is -0.338. The average molecular weight is 409 g/mol. The maximum Gasteiger partial charge on any atom is 0.330 e. The summed E-state index contributed by atoms with van der Waals surface area (Å²) in [5.74, 6) is 0.119. The zero-order chi connectivity index (χ0) is 21.3. The van der Waals surface area contributed by atoms with Crippen LogP contribution in [0, 0.1) is 11.8 Å². The third-order valence-corrected chi connectivity index (χ3v) is 5.57. The van der Waals surface area contributed by atoms with Crippen molar-refractivity contribution in [2.75, 3.05) is 20.3 Å². The normalized spacial score (nSPS) is 24.5. The van der Waals surface area contributed by atoms with E-state index in [1.807, 2.05) is 6.08 Å². The van der Waals surface area contributed by atoms with Crippen molar-refractivity contribution in [1.82, 2.24) is 0 Å². The van der Waals surface area contributed by atoms with Gasteiger partial charge in [0.1, 0.15) is 0 Å². The van der Waals surface area contributed by atoms with Gasteiger partial charge in [-0.1, -0.05) is 43.6 Å². The zero-order valence-corrected chi connectivity index (χ0v) is 18.0. The van der Waals surface area contributed by atoms with Gasteiger partial charge in [0.2, 0.25) is 0 Å². The van der Waals surface area contributed by atoms with Crippen LogP contribution in [0.4, 0.5) is 0 Å². The maximum absolute atomic E-state index is 11.1. The fourth-order valence-electron chi connectivity index (χ4n) is 4.00. The van der Waals surface area contributed by atoms with Crippen molar-refractivity contribution in [1.29, 1.82) is 0 Å². The Labute approximate surface area is 176 Å². The van der Waals surface area contributed by atoms with E-state index in [1.54, 1.807) is 6.08 Å². The summed E-state index contributed by atoms with van der Waals surface area (Å²) in [4.78, 5) is 11.1. The quantitative estimate of drug-likeness (QED) is 0.172. The molecule has 0 bridgehead atoms. The van der Waals surface area contributed by atoms with Gasteiger partial charge in [0, 0.05) is 25.0 Å². The first kappa shape index (κ1) is 25.6. The standard InChI is InChI=1S/C24H40O5/c1-3-18-29-23-19-22(26)20(14-10-7-8-12-16-24(27)28-2)21(23)15-11-6-4-5-9-13-17-25/h3,11-12,15-16,20-23,25-26H,1,4-10,13-14,17-19H2,2H3/b15-11+,16-12?/t20?,21-,22+,23-/m1/s1. The first-order valence-corrected chi connectivity index (χ1v) is 11.1. The van der Waals surface area contributed by atoms with Crippen LogP contribution in [0.15, 0.2) is 37.0 Å². The molecule has 1 aliphatic rings. The van der Waals surface area contributed by atoms with Gasteiger partial charge in [0.25, 0.3) is 0 Å². The molecule has 1 unspecified atom stereocenters. The molecule has 166 valence electrons. The van der Waals surface area contributed by atoms with Crippen LogP contribution in [0.25, 0.3) is 0 Å². The second-order valence-corrected chi connectivity index (χ2v) is 7.77. The van der Waals surface area contributed by atoms with Crippen LogP contribution in [0.5, 0.6) is 0 Å². The highest BCUT2D eigenvalue weighted by Gasteiger charge is 2.41. The van der Waals surface area contributed by atoms with Crippen LogP contribution in [-0.4, -0.2) is 48.7 Å². The van der Waals surface area contributed by atoms with Crippen LogP contribution < -0.4 is 0 Å². The molecule has 4 atom stereocenters. The number of hydrogen-bond donors (Lipinski definition) is 2. The molecular formula is C24H40O5. The van der Waals surface area contributed by atoms with Gasteiger partial charge < -0.3 is 19.7 Å². The predicted octanol–water partition coefficient (Wildman–Crippen LogP) is 4.34. The number of unbranched alkanes of at least 4 members (excludes halogenated alkanes) is 6. The lowest BCUT2D eigenvalue weighted by molar-refractivity contribution is -0.134. The summed E-state index contributed by atoms with van der Waals surface area (Å²) in [5, 5.41) is 19.4. The van der Waals surface area contributed by atoms with E-state index < -0.39 is 0 Å². The maximum atomic E-state index is 11.1. The van der Waals surface area contributed by atoms with E-state index in [1.165, 1.54) is 13.2 Å². The van der Waals surface area contributed by atoms with Crippen molar-refractivity contribution in [3.63, 3.8) is 0 Å². The van der Waals surface area contributed by atoms with E-state index in [-0.39, 0.29) is 36.6 Å². The van der Waals surface area contributed by atoms with E-state index in [2.05, 4.69) is 23.5 Å². The summed E-state index contributed by atoms with van der Waals surface area (Å²) in [6.07, 6.45) is 19.0. The Hall–Kier alpha value is -1.43. The highest BCUT2D eigenvalue weighted by molar-refractivity contribution is 5.81. The van der Waals surface area contributed by atoms with Gasteiger partial charge in [-0.05, 0) is 44.4 Å². The number of carbonyl (C=O) groups is 1. The summed E-state index contributed by atoms with van der Waals surface area (Å²) < 4.78 is 10.5. The molecule has 0 heterocycles. The van der Waals surface area contributed by atoms with E-state index in [0.717, 1.165) is 57.8 Å². The Morgan fingerprint density at radius 3 is 2.55 bits per heavy atom. The number of aliphatic hydroxyl groups excluding tert-OH is 2. The summed E-state index contributed by atoms with van der Waals surface area (Å²) >= 11 is 0. The summed E-state index contributed by atoms with van der Waals surface area (Å²) in [6.45, 7) is 4.51. The molecule has 0 spiro atoms. The van der Waals surface area contributed by atoms with Crippen LogP contribution in [-0.2, 0) is 14.3 Å². The van der Waals surface area contributed by atoms with Gasteiger partial charge in [0.05, 0.1) is 25.9 Å². The lowest BCUT2D eigenvalue weighted by Gasteiger charge is -2.22. The van der Waals surface area contributed by atoms with Gasteiger partial charge in [-0.2, -0.15) is 0 Å². The third-order valence-electron chi connectivity index (χ3n) is 5.57. The number of ether oxygens (including phenoxy) is 2. The molecule has 0 aromatic rings. The second kappa shape index (κ2) is 16.4. The summed E-state index contributed by atoms with van der Waals surface area (Å²) in [5.41, 5.74) is 0. The number of allylic oxidation sites excluding steroid dienone is 2. The Kier molecular flexibility index (Phi) is 14.5. The molecule has 1 saturated carbocycles. The van der Waals surface area contributed by atoms with Gasteiger partial charge >= 0.3 is 5.97 Å². The fourth-order valence-corrected chi connectivity index (χ4v) is 4.00. The van der Waals surface area contributed by atoms with Crippen molar-refractivity contribution in [3.05, 3.63) is 37.0 Å². The van der Waals surface area contributed by atoms with Crippen LogP contribution in [0.3, 0.4) is 0 Å². The summed E-state index contributed by atoms with van der Waals surface area (Å²) in [7, 11) is 1.38. The molecule has 1 aliphatic carbocycles. The number of hydrogen-bond acceptors (Lipinski definition) is 5. The molecule has 2 N–H and O–H groups in total. The Morgan fingerprint density at radius 1 is 1.10 bits per heavy atom. The average Bonchev–Trinajstić information content (AvgIpc) is 3.02. The number of esters is 1. The number of aliphatic hydroxyl groups is 2. The van der Waals surface area contributed by atoms with Crippen LogP contribution in [0.2, 0.25) is 0 Å². The third kappa shape index (κ3) is 10.8. The first-order chi connectivity index (χ1) is 14.1. The van der Waals surface area contributed by atoms with Crippen LogP contribution in [0.1, 0.15) is 64.2 Å². The van der Waals surface area contributed by atoms with Gasteiger partial charge in [-0.3, -0.25) is 0 Å². The highest BCUT2D eigenvalue weighted by atomic mass is 16.5. The van der Waals surface area contributed by atoms with Gasteiger partial charge in [-0.25, -0.2) is 4.79 Å². The van der Waals surface area contributed by atoms with Crippen molar-refractivity contribution >= 4 is 5.97 Å². The molecule has 0 aromatic carbocycles. The number of rotatable bonds is 16. The topological polar surface area (TPSA) is 76.0 Å². The summed E-state index contributed by atoms with van der Waals surface area (Å²) in [6, 6.07) is 0. The van der Waals surface area contributed by atoms with E-state index in [4.69, 9.17) is 9.84 Å². The SMILES string of the molecule is C=CCO[C@@H]1C[C@H](O)C(CCCCC=CC(=O)OC)[C@H]1/C=C/CCCCCCO. The first-order valence-electron chi connectivity index (χ1n) is 11.1. The molecule has 29 heavy (non-hydrogen) atoms. The van der Waals surface area contributed by atoms with Crippen molar-refractivity contribution < 1.29 is 24.5 Å². The molecule has 0 aromatic heterocycles. The number of methoxy groups -OCH3 is 1. The molecule has 5 nitrogen and oxygen atoms in total. The number of carbonyl (C=O) groups excluding carboxylic acids is 1. The lowest BCUT2D eigenvalue weighted by atomic mass is 9.88. The largest absolute Gasteiger partial charge is 0.466 e. The minimum Gasteiger partial charge on any atom is -0.466 e. The van der Waals surface area contributed by atoms with Gasteiger partial charge in [-0.15, -0.1) is 6.58 Å². The molecule has 1 rings (SSSR count). The molecule has 0 radical (unpaired) electrons. The fraction of sp³-hybridized carbons (Fsp3) is 0.708. The molecular weight excluding hydrogens is 368 g/mol.